The summed E-state index contributed by atoms with van der Waals surface area (Å²) in [5, 5.41) is 8.36. The van der Waals surface area contributed by atoms with E-state index in [0.717, 1.165) is 6.07 Å². The van der Waals surface area contributed by atoms with Crippen LogP contribution in [-0.2, 0) is 21.0 Å². The van der Waals surface area contributed by atoms with Crippen LogP contribution in [0.5, 0.6) is 0 Å². The number of halogens is 4. The van der Waals surface area contributed by atoms with E-state index in [-0.39, 0.29) is 6.42 Å². The average molecular weight is 346 g/mol. The van der Waals surface area contributed by atoms with Gasteiger partial charge < -0.3 is 5.11 Å². The smallest absolute Gasteiger partial charge is 0.416 e. The Morgan fingerprint density at radius 2 is 2.00 bits per heavy atom. The van der Waals surface area contributed by atoms with Crippen molar-refractivity contribution in [2.75, 3.05) is 0 Å². The Bertz CT molecular complexity index is 645. The lowest BCUT2D eigenvalue weighted by Crippen LogP contribution is -2.40. The third kappa shape index (κ3) is 4.32. The largest absolute Gasteiger partial charge is 0.480 e. The highest BCUT2D eigenvalue weighted by atomic mass is 35.5. The summed E-state index contributed by atoms with van der Waals surface area (Å²) in [6.07, 6.45) is -4.82. The van der Waals surface area contributed by atoms with E-state index in [2.05, 4.69) is 0 Å². The normalized spacial score (nSPS) is 14.0. The van der Waals surface area contributed by atoms with Gasteiger partial charge in [0.2, 0.25) is 10.0 Å². The quantitative estimate of drug-likeness (QED) is 0.859. The maximum Gasteiger partial charge on any atom is 0.416 e. The van der Waals surface area contributed by atoms with Crippen molar-refractivity contribution in [1.82, 2.24) is 4.72 Å². The van der Waals surface area contributed by atoms with Gasteiger partial charge in [0.25, 0.3) is 0 Å². The molecule has 0 saturated heterocycles. The predicted octanol–water partition coefficient (Wildman–Crippen LogP) is 2.50. The van der Waals surface area contributed by atoms with E-state index in [1.54, 1.807) is 4.72 Å². The number of carboxylic acid groups (broad SMARTS) is 1. The molecule has 0 aromatic heterocycles. The van der Waals surface area contributed by atoms with Crippen LogP contribution in [0.1, 0.15) is 18.9 Å². The number of aliphatic carboxylic acids is 1. The number of hydrogen-bond acceptors (Lipinski definition) is 3. The Balaban J connectivity index is 3.28. The molecule has 118 valence electrons. The molecule has 21 heavy (non-hydrogen) atoms. The summed E-state index contributed by atoms with van der Waals surface area (Å²) in [7, 11) is -4.49. The Hall–Kier alpha value is -1.32. The van der Waals surface area contributed by atoms with E-state index in [1.807, 2.05) is 0 Å². The average Bonchev–Trinajstić information content (AvgIpc) is 2.34. The van der Waals surface area contributed by atoms with Gasteiger partial charge in [-0.3, -0.25) is 4.79 Å². The number of nitrogens with one attached hydrogen (secondary N) is 1. The lowest BCUT2D eigenvalue weighted by atomic mass is 10.2. The fraction of sp³-hybridized carbons (Fsp3) is 0.364. The second kappa shape index (κ2) is 6.20. The van der Waals surface area contributed by atoms with Crippen LogP contribution in [0.2, 0.25) is 5.02 Å². The van der Waals surface area contributed by atoms with Crippen molar-refractivity contribution >= 4 is 27.6 Å². The Kier molecular flexibility index (Phi) is 5.24. The van der Waals surface area contributed by atoms with Gasteiger partial charge in [-0.2, -0.15) is 17.9 Å². The lowest BCUT2D eigenvalue weighted by molar-refractivity contribution is -0.139. The number of carboxylic acids is 1. The lowest BCUT2D eigenvalue weighted by Gasteiger charge is -2.15. The molecular formula is C11H11ClF3NO4S. The minimum Gasteiger partial charge on any atom is -0.480 e. The first-order valence-corrected chi connectivity index (χ1v) is 7.47. The van der Waals surface area contributed by atoms with E-state index < -0.39 is 43.7 Å². The van der Waals surface area contributed by atoms with Crippen LogP contribution in [-0.4, -0.2) is 25.5 Å². The minimum atomic E-state index is -4.74. The summed E-state index contributed by atoms with van der Waals surface area (Å²) in [5.74, 6) is -1.44. The summed E-state index contributed by atoms with van der Waals surface area (Å²) in [5.41, 5.74) is -1.20. The molecule has 0 aliphatic rings. The highest BCUT2D eigenvalue weighted by molar-refractivity contribution is 7.89. The Labute approximate surface area is 123 Å². The molecule has 1 aromatic carbocycles. The van der Waals surface area contributed by atoms with Crippen molar-refractivity contribution in [3.05, 3.63) is 28.8 Å². The molecular weight excluding hydrogens is 335 g/mol. The van der Waals surface area contributed by atoms with Crippen LogP contribution in [0.15, 0.2) is 23.1 Å². The maximum atomic E-state index is 12.6. The highest BCUT2D eigenvalue weighted by Gasteiger charge is 2.33. The molecule has 0 spiro atoms. The monoisotopic (exact) mass is 345 g/mol. The van der Waals surface area contributed by atoms with Crippen molar-refractivity contribution in [3.63, 3.8) is 0 Å². The summed E-state index contributed by atoms with van der Waals surface area (Å²) in [6, 6.07) is 0.330. The van der Waals surface area contributed by atoms with E-state index in [4.69, 9.17) is 16.7 Å². The highest BCUT2D eigenvalue weighted by Crippen LogP contribution is 2.33. The molecule has 0 fully saturated rings. The van der Waals surface area contributed by atoms with E-state index in [9.17, 15) is 26.4 Å². The maximum absolute atomic E-state index is 12.6. The molecule has 1 unspecified atom stereocenters. The molecule has 1 aromatic rings. The minimum absolute atomic E-state index is 0.0782. The molecule has 0 aliphatic carbocycles. The van der Waals surface area contributed by atoms with E-state index >= 15 is 0 Å². The third-order valence-electron chi connectivity index (χ3n) is 2.55. The Morgan fingerprint density at radius 3 is 2.43 bits per heavy atom. The van der Waals surface area contributed by atoms with Gasteiger partial charge in [-0.05, 0) is 24.6 Å². The first-order valence-electron chi connectivity index (χ1n) is 5.61. The predicted molar refractivity (Wildman–Crippen MR) is 68.5 cm³/mol. The zero-order chi connectivity index (χ0) is 16.4. The van der Waals surface area contributed by atoms with Crippen molar-refractivity contribution < 1.29 is 31.5 Å². The number of rotatable bonds is 5. The van der Waals surface area contributed by atoms with Crippen molar-refractivity contribution in [2.45, 2.75) is 30.5 Å². The number of alkyl halides is 3. The molecule has 5 nitrogen and oxygen atoms in total. The van der Waals surface area contributed by atoms with Crippen LogP contribution in [0.25, 0.3) is 0 Å². The van der Waals surface area contributed by atoms with Gasteiger partial charge >= 0.3 is 12.1 Å². The summed E-state index contributed by atoms with van der Waals surface area (Å²) >= 11 is 5.60. The van der Waals surface area contributed by atoms with Gasteiger partial charge in [0.05, 0.1) is 10.6 Å². The zero-order valence-electron chi connectivity index (χ0n) is 10.6. The molecule has 0 amide bonds. The van der Waals surface area contributed by atoms with Gasteiger partial charge in [-0.1, -0.05) is 18.5 Å². The summed E-state index contributed by atoms with van der Waals surface area (Å²) < 4.78 is 63.5. The standard InChI is InChI=1S/C11H11ClF3NO4S/c1-2-8(10(17)18)16-21(19,20)9-5-6(11(13,14)15)3-4-7(9)12/h3-5,8,16H,2H2,1H3,(H,17,18). The first kappa shape index (κ1) is 17.7. The van der Waals surface area contributed by atoms with Crippen LogP contribution in [0.4, 0.5) is 13.2 Å². The number of carbonyl (C=O) groups is 1. The van der Waals surface area contributed by atoms with Crippen LogP contribution < -0.4 is 4.72 Å². The molecule has 0 saturated carbocycles. The fourth-order valence-electron chi connectivity index (χ4n) is 1.44. The number of hydrogen-bond donors (Lipinski definition) is 2. The van der Waals surface area contributed by atoms with Gasteiger partial charge in [-0.15, -0.1) is 0 Å². The number of sulfonamides is 1. The summed E-state index contributed by atoms with van der Waals surface area (Å²) in [6.45, 7) is 1.41. The van der Waals surface area contributed by atoms with Crippen molar-refractivity contribution in [1.29, 1.82) is 0 Å². The van der Waals surface area contributed by atoms with E-state index in [0.29, 0.717) is 12.1 Å². The molecule has 1 rings (SSSR count). The van der Waals surface area contributed by atoms with Crippen LogP contribution in [0, 0.1) is 0 Å². The second-order valence-corrected chi connectivity index (χ2v) is 6.15. The fourth-order valence-corrected chi connectivity index (χ4v) is 3.24. The molecule has 0 radical (unpaired) electrons. The van der Waals surface area contributed by atoms with Crippen LogP contribution >= 0.6 is 11.6 Å². The molecule has 0 bridgehead atoms. The summed E-state index contributed by atoms with van der Waals surface area (Å²) in [4.78, 5) is 9.99. The first-order chi connectivity index (χ1) is 9.49. The van der Waals surface area contributed by atoms with Gasteiger partial charge in [-0.25, -0.2) is 8.42 Å². The molecule has 0 heterocycles. The second-order valence-electron chi connectivity index (χ2n) is 4.06. The topological polar surface area (TPSA) is 83.5 Å². The van der Waals surface area contributed by atoms with Crippen molar-refractivity contribution in [3.8, 4) is 0 Å². The molecule has 0 aliphatic heterocycles. The molecule has 10 heteroatoms. The third-order valence-corrected chi connectivity index (χ3v) is 4.51. The number of benzene rings is 1. The Morgan fingerprint density at radius 1 is 1.43 bits per heavy atom. The van der Waals surface area contributed by atoms with Gasteiger partial charge in [0, 0.05) is 0 Å². The molecule has 1 atom stereocenters. The van der Waals surface area contributed by atoms with Crippen LogP contribution in [0.3, 0.4) is 0 Å². The van der Waals surface area contributed by atoms with E-state index in [1.165, 1.54) is 6.92 Å². The SMILES string of the molecule is CCC(NS(=O)(=O)c1cc(C(F)(F)F)ccc1Cl)C(=O)O. The molecule has 2 N–H and O–H groups in total. The van der Waals surface area contributed by atoms with Crippen molar-refractivity contribution in [2.24, 2.45) is 0 Å². The van der Waals surface area contributed by atoms with Gasteiger partial charge in [0.15, 0.2) is 0 Å². The van der Waals surface area contributed by atoms with Gasteiger partial charge in [0.1, 0.15) is 10.9 Å². The zero-order valence-corrected chi connectivity index (χ0v) is 12.2.